The average Bonchev–Trinajstić information content (AvgIpc) is 2.78. The highest BCUT2D eigenvalue weighted by atomic mass is 19.2. The van der Waals surface area contributed by atoms with Crippen molar-refractivity contribution in [3.63, 3.8) is 0 Å². The number of amides is 2. The maximum atomic E-state index is 13.6. The van der Waals surface area contributed by atoms with Crippen LogP contribution < -0.4 is 15.4 Å². The summed E-state index contributed by atoms with van der Waals surface area (Å²) >= 11 is 0. The maximum absolute atomic E-state index is 13.6. The molecule has 0 spiro atoms. The highest BCUT2D eigenvalue weighted by Crippen LogP contribution is 2.29. The summed E-state index contributed by atoms with van der Waals surface area (Å²) in [5.41, 5.74) is 1.86. The molecule has 0 bridgehead atoms. The van der Waals surface area contributed by atoms with Crippen LogP contribution in [0, 0.1) is 11.6 Å². The molecular formula is C23H20F2N2O3. The zero-order valence-electron chi connectivity index (χ0n) is 16.2. The molecule has 0 saturated carbocycles. The van der Waals surface area contributed by atoms with E-state index in [9.17, 15) is 18.4 Å². The van der Waals surface area contributed by atoms with Gasteiger partial charge in [0.25, 0.3) is 5.91 Å². The van der Waals surface area contributed by atoms with Gasteiger partial charge < -0.3 is 15.4 Å². The first-order chi connectivity index (χ1) is 14.5. The number of halogens is 2. The number of rotatable bonds is 7. The van der Waals surface area contributed by atoms with Crippen LogP contribution in [0.2, 0.25) is 0 Å². The Morgan fingerprint density at radius 1 is 0.933 bits per heavy atom. The Labute approximate surface area is 172 Å². The largest absolute Gasteiger partial charge is 0.483 e. The van der Waals surface area contributed by atoms with E-state index in [-0.39, 0.29) is 12.2 Å². The minimum absolute atomic E-state index is 0.117. The second-order valence-electron chi connectivity index (χ2n) is 6.44. The Bertz CT molecular complexity index is 1040. The summed E-state index contributed by atoms with van der Waals surface area (Å²) in [7, 11) is 1.38. The predicted octanol–water partition coefficient (Wildman–Crippen LogP) is 3.61. The fourth-order valence-corrected chi connectivity index (χ4v) is 2.93. The summed E-state index contributed by atoms with van der Waals surface area (Å²) in [5.74, 6) is -2.80. The Morgan fingerprint density at radius 2 is 1.63 bits per heavy atom. The molecule has 0 aromatic heterocycles. The normalized spacial score (nSPS) is 11.4. The van der Waals surface area contributed by atoms with E-state index < -0.39 is 29.5 Å². The zero-order valence-corrected chi connectivity index (χ0v) is 16.2. The molecule has 2 amide bonds. The Hall–Kier alpha value is -3.74. The second-order valence-corrected chi connectivity index (χ2v) is 6.44. The van der Waals surface area contributed by atoms with Crippen molar-refractivity contribution in [2.45, 2.75) is 6.04 Å². The average molecular weight is 410 g/mol. The van der Waals surface area contributed by atoms with Crippen molar-refractivity contribution in [2.75, 3.05) is 13.7 Å². The summed E-state index contributed by atoms with van der Waals surface area (Å²) < 4.78 is 32.5. The van der Waals surface area contributed by atoms with Crippen LogP contribution in [0.25, 0.3) is 11.1 Å². The van der Waals surface area contributed by atoms with Gasteiger partial charge in [0.15, 0.2) is 18.2 Å². The summed E-state index contributed by atoms with van der Waals surface area (Å²) in [6, 6.07) is 18.6. The molecule has 154 valence electrons. The monoisotopic (exact) mass is 410 g/mol. The van der Waals surface area contributed by atoms with E-state index in [1.165, 1.54) is 13.1 Å². The SMILES string of the molecule is CNC(=O)C(NC(=O)COc1ccccc1-c1ccccc1)c1ccc(F)c(F)c1. The zero-order chi connectivity index (χ0) is 21.5. The third kappa shape index (κ3) is 5.00. The van der Waals surface area contributed by atoms with Crippen molar-refractivity contribution in [3.05, 3.63) is 90.0 Å². The van der Waals surface area contributed by atoms with E-state index in [0.717, 1.165) is 23.3 Å². The van der Waals surface area contributed by atoms with Gasteiger partial charge in [-0.25, -0.2) is 8.78 Å². The van der Waals surface area contributed by atoms with E-state index in [0.29, 0.717) is 5.75 Å². The smallest absolute Gasteiger partial charge is 0.258 e. The summed E-state index contributed by atoms with van der Waals surface area (Å²) in [6.45, 7) is -0.360. The van der Waals surface area contributed by atoms with Gasteiger partial charge >= 0.3 is 0 Å². The fraction of sp³-hybridized carbons (Fsp3) is 0.130. The number of nitrogens with one attached hydrogen (secondary N) is 2. The Kier molecular flexibility index (Phi) is 6.75. The fourth-order valence-electron chi connectivity index (χ4n) is 2.93. The minimum atomic E-state index is -1.19. The first-order valence-electron chi connectivity index (χ1n) is 9.22. The van der Waals surface area contributed by atoms with Gasteiger partial charge in [-0.1, -0.05) is 54.6 Å². The quantitative estimate of drug-likeness (QED) is 0.625. The van der Waals surface area contributed by atoms with E-state index in [2.05, 4.69) is 10.6 Å². The van der Waals surface area contributed by atoms with E-state index >= 15 is 0 Å². The molecule has 1 unspecified atom stereocenters. The molecule has 0 fully saturated rings. The lowest BCUT2D eigenvalue weighted by Gasteiger charge is -2.18. The van der Waals surface area contributed by atoms with Gasteiger partial charge in [0, 0.05) is 12.6 Å². The highest BCUT2D eigenvalue weighted by molar-refractivity contribution is 5.89. The maximum Gasteiger partial charge on any atom is 0.258 e. The van der Waals surface area contributed by atoms with Gasteiger partial charge in [-0.3, -0.25) is 9.59 Å². The number of hydrogen-bond donors (Lipinski definition) is 2. The minimum Gasteiger partial charge on any atom is -0.483 e. The van der Waals surface area contributed by atoms with Crippen molar-refractivity contribution in [3.8, 4) is 16.9 Å². The van der Waals surface area contributed by atoms with Crippen molar-refractivity contribution < 1.29 is 23.1 Å². The lowest BCUT2D eigenvalue weighted by atomic mass is 10.0. The number of carbonyl (C=O) groups excluding carboxylic acids is 2. The Balaban J connectivity index is 1.73. The number of ether oxygens (including phenoxy) is 1. The van der Waals surface area contributed by atoms with Crippen LogP contribution in [0.15, 0.2) is 72.8 Å². The topological polar surface area (TPSA) is 67.4 Å². The first kappa shape index (κ1) is 21.0. The Morgan fingerprint density at radius 3 is 2.33 bits per heavy atom. The van der Waals surface area contributed by atoms with Crippen LogP contribution in [0.4, 0.5) is 8.78 Å². The van der Waals surface area contributed by atoms with Crippen LogP contribution in [0.5, 0.6) is 5.75 Å². The van der Waals surface area contributed by atoms with Crippen molar-refractivity contribution in [2.24, 2.45) is 0 Å². The number of carbonyl (C=O) groups is 2. The molecule has 30 heavy (non-hydrogen) atoms. The molecule has 0 saturated heterocycles. The van der Waals surface area contributed by atoms with Gasteiger partial charge in [-0.2, -0.15) is 0 Å². The standard InChI is InChI=1S/C23H20F2N2O3/c1-26-23(29)22(16-11-12-18(24)19(25)13-16)27-21(28)14-30-20-10-6-5-9-17(20)15-7-3-2-4-8-15/h2-13,22H,14H2,1H3,(H,26,29)(H,27,28). The third-order valence-electron chi connectivity index (χ3n) is 4.42. The lowest BCUT2D eigenvalue weighted by molar-refractivity contribution is -0.129. The molecule has 2 N–H and O–H groups in total. The molecule has 0 heterocycles. The highest BCUT2D eigenvalue weighted by Gasteiger charge is 2.23. The molecule has 0 aliphatic rings. The van der Waals surface area contributed by atoms with Crippen LogP contribution in [-0.4, -0.2) is 25.5 Å². The summed E-state index contributed by atoms with van der Waals surface area (Å²) in [5, 5.41) is 4.89. The van der Waals surface area contributed by atoms with Gasteiger partial charge in [0.05, 0.1) is 0 Å². The van der Waals surface area contributed by atoms with Gasteiger partial charge in [-0.15, -0.1) is 0 Å². The molecule has 3 rings (SSSR count). The van der Waals surface area contributed by atoms with Gasteiger partial charge in [0.1, 0.15) is 11.8 Å². The number of benzene rings is 3. The van der Waals surface area contributed by atoms with Gasteiger partial charge in [0.2, 0.25) is 5.91 Å². The molecule has 0 radical (unpaired) electrons. The summed E-state index contributed by atoms with van der Waals surface area (Å²) in [4.78, 5) is 24.6. The van der Waals surface area contributed by atoms with Crippen LogP contribution in [-0.2, 0) is 9.59 Å². The van der Waals surface area contributed by atoms with Crippen molar-refractivity contribution in [1.82, 2.24) is 10.6 Å². The van der Waals surface area contributed by atoms with Crippen LogP contribution >= 0.6 is 0 Å². The number of likely N-dealkylation sites (N-methyl/N-ethyl adjacent to an activating group) is 1. The molecule has 0 aliphatic carbocycles. The predicted molar refractivity (Wildman–Crippen MR) is 109 cm³/mol. The molecular weight excluding hydrogens is 390 g/mol. The van der Waals surface area contributed by atoms with E-state index in [1.807, 2.05) is 42.5 Å². The molecule has 3 aromatic rings. The molecule has 0 aliphatic heterocycles. The number of hydrogen-bond acceptors (Lipinski definition) is 3. The first-order valence-corrected chi connectivity index (χ1v) is 9.22. The lowest BCUT2D eigenvalue weighted by Crippen LogP contribution is -2.41. The second kappa shape index (κ2) is 9.65. The number of para-hydroxylation sites is 1. The van der Waals surface area contributed by atoms with Crippen molar-refractivity contribution in [1.29, 1.82) is 0 Å². The van der Waals surface area contributed by atoms with Crippen LogP contribution in [0.3, 0.4) is 0 Å². The molecule has 7 heteroatoms. The van der Waals surface area contributed by atoms with Gasteiger partial charge in [-0.05, 0) is 29.3 Å². The molecule has 3 aromatic carbocycles. The summed E-state index contributed by atoms with van der Waals surface area (Å²) in [6.07, 6.45) is 0. The van der Waals surface area contributed by atoms with Crippen molar-refractivity contribution >= 4 is 11.8 Å². The van der Waals surface area contributed by atoms with E-state index in [4.69, 9.17) is 4.74 Å². The van der Waals surface area contributed by atoms with Crippen LogP contribution in [0.1, 0.15) is 11.6 Å². The molecule has 5 nitrogen and oxygen atoms in total. The third-order valence-corrected chi connectivity index (χ3v) is 4.42. The van der Waals surface area contributed by atoms with E-state index in [1.54, 1.807) is 12.1 Å². The molecule has 1 atom stereocenters.